The van der Waals surface area contributed by atoms with E-state index >= 15 is 0 Å². The van der Waals surface area contributed by atoms with Crippen molar-refractivity contribution in [1.29, 1.82) is 0 Å². The normalized spacial score (nSPS) is 11.4. The van der Waals surface area contributed by atoms with E-state index in [0.717, 1.165) is 22.0 Å². The van der Waals surface area contributed by atoms with Crippen molar-refractivity contribution in [2.75, 3.05) is 0 Å². The molecule has 80 valence electrons. The molecule has 0 atom stereocenters. The molecule has 0 amide bonds. The SMILES string of the molecule is OCc1cc2ccnc(Cl)c2c2ccnn12. The lowest BCUT2D eigenvalue weighted by atomic mass is 10.1. The molecule has 3 heterocycles. The molecule has 16 heavy (non-hydrogen) atoms. The van der Waals surface area contributed by atoms with Gasteiger partial charge in [0.05, 0.1) is 24.0 Å². The Bertz CT molecular complexity index is 677. The third-order valence-electron chi connectivity index (χ3n) is 2.59. The molecule has 3 rings (SSSR count). The Morgan fingerprint density at radius 3 is 3.00 bits per heavy atom. The topological polar surface area (TPSA) is 50.4 Å². The Balaban J connectivity index is 2.60. The van der Waals surface area contributed by atoms with Crippen molar-refractivity contribution in [2.45, 2.75) is 6.61 Å². The van der Waals surface area contributed by atoms with Crippen LogP contribution >= 0.6 is 11.6 Å². The number of nitrogens with zero attached hydrogens (tertiary/aromatic N) is 3. The Labute approximate surface area is 96.1 Å². The number of pyridine rings is 2. The van der Waals surface area contributed by atoms with Gasteiger partial charge in [-0.05, 0) is 23.6 Å². The fraction of sp³-hybridized carbons (Fsp3) is 0.0909. The minimum Gasteiger partial charge on any atom is -0.390 e. The zero-order valence-electron chi connectivity index (χ0n) is 8.26. The standard InChI is InChI=1S/C11H8ClN3O/c12-11-10-7(1-3-13-11)5-8(6-16)15-9(10)2-4-14-15/h1-5,16H,6H2. The van der Waals surface area contributed by atoms with Crippen LogP contribution in [-0.2, 0) is 6.61 Å². The average Bonchev–Trinajstić information content (AvgIpc) is 2.76. The van der Waals surface area contributed by atoms with Gasteiger partial charge >= 0.3 is 0 Å². The lowest BCUT2D eigenvalue weighted by molar-refractivity contribution is 0.274. The highest BCUT2D eigenvalue weighted by molar-refractivity contribution is 6.35. The van der Waals surface area contributed by atoms with Gasteiger partial charge in [0, 0.05) is 11.6 Å². The maximum Gasteiger partial charge on any atom is 0.138 e. The highest BCUT2D eigenvalue weighted by Crippen LogP contribution is 2.27. The molecule has 0 aliphatic carbocycles. The van der Waals surface area contributed by atoms with Gasteiger partial charge in [-0.3, -0.25) is 0 Å². The number of rotatable bonds is 1. The Hall–Kier alpha value is -1.65. The number of hydrogen-bond acceptors (Lipinski definition) is 3. The van der Waals surface area contributed by atoms with E-state index in [-0.39, 0.29) is 6.61 Å². The summed E-state index contributed by atoms with van der Waals surface area (Å²) in [6, 6.07) is 5.59. The van der Waals surface area contributed by atoms with Gasteiger partial charge in [-0.1, -0.05) is 11.6 Å². The van der Waals surface area contributed by atoms with Crippen LogP contribution in [0.5, 0.6) is 0 Å². The second kappa shape index (κ2) is 3.43. The van der Waals surface area contributed by atoms with Crippen molar-refractivity contribution in [1.82, 2.24) is 14.6 Å². The molecule has 0 aromatic carbocycles. The van der Waals surface area contributed by atoms with Gasteiger partial charge in [0.1, 0.15) is 5.15 Å². The second-order valence-corrected chi connectivity index (χ2v) is 3.85. The van der Waals surface area contributed by atoms with Crippen molar-refractivity contribution in [3.05, 3.63) is 41.4 Å². The molecule has 5 heteroatoms. The van der Waals surface area contributed by atoms with Crippen molar-refractivity contribution in [3.63, 3.8) is 0 Å². The molecule has 3 aromatic heterocycles. The zero-order chi connectivity index (χ0) is 11.1. The van der Waals surface area contributed by atoms with Crippen LogP contribution in [0, 0.1) is 0 Å². The van der Waals surface area contributed by atoms with Gasteiger partial charge in [0.15, 0.2) is 0 Å². The maximum atomic E-state index is 9.27. The molecule has 0 saturated carbocycles. The first kappa shape index (κ1) is 9.57. The second-order valence-electron chi connectivity index (χ2n) is 3.49. The third-order valence-corrected chi connectivity index (χ3v) is 2.88. The van der Waals surface area contributed by atoms with Crippen LogP contribution in [0.2, 0.25) is 5.15 Å². The third kappa shape index (κ3) is 1.20. The molecule has 0 unspecified atom stereocenters. The average molecular weight is 234 g/mol. The number of aliphatic hydroxyl groups is 1. The van der Waals surface area contributed by atoms with Crippen molar-refractivity contribution >= 4 is 27.9 Å². The smallest absolute Gasteiger partial charge is 0.138 e. The van der Waals surface area contributed by atoms with Gasteiger partial charge in [-0.25, -0.2) is 9.50 Å². The van der Waals surface area contributed by atoms with Crippen LogP contribution in [0.3, 0.4) is 0 Å². The summed E-state index contributed by atoms with van der Waals surface area (Å²) in [6.45, 7) is -0.0614. The van der Waals surface area contributed by atoms with Crippen LogP contribution in [0.15, 0.2) is 30.6 Å². The predicted molar refractivity (Wildman–Crippen MR) is 61.4 cm³/mol. The molecular formula is C11H8ClN3O. The molecule has 0 aliphatic heterocycles. The molecule has 0 spiro atoms. The molecule has 0 radical (unpaired) electrons. The first-order valence-electron chi connectivity index (χ1n) is 4.82. The molecule has 1 N–H and O–H groups in total. The molecular weight excluding hydrogens is 226 g/mol. The molecule has 0 bridgehead atoms. The number of halogens is 1. The molecule has 4 nitrogen and oxygen atoms in total. The van der Waals surface area contributed by atoms with E-state index in [4.69, 9.17) is 11.6 Å². The van der Waals surface area contributed by atoms with E-state index in [9.17, 15) is 5.11 Å². The maximum absolute atomic E-state index is 9.27. The molecule has 0 fully saturated rings. The van der Waals surface area contributed by atoms with Gasteiger partial charge < -0.3 is 5.11 Å². The van der Waals surface area contributed by atoms with Crippen LogP contribution < -0.4 is 0 Å². The van der Waals surface area contributed by atoms with E-state index in [2.05, 4.69) is 10.1 Å². The highest BCUT2D eigenvalue weighted by Gasteiger charge is 2.09. The van der Waals surface area contributed by atoms with Gasteiger partial charge in [0.2, 0.25) is 0 Å². The molecule has 0 aliphatic rings. The van der Waals surface area contributed by atoms with Crippen molar-refractivity contribution in [2.24, 2.45) is 0 Å². The first-order chi connectivity index (χ1) is 7.81. The van der Waals surface area contributed by atoms with E-state index < -0.39 is 0 Å². The number of aromatic nitrogens is 3. The summed E-state index contributed by atoms with van der Waals surface area (Å²) in [5.74, 6) is 0. The minimum absolute atomic E-state index is 0.0614. The minimum atomic E-state index is -0.0614. The quantitative estimate of drug-likeness (QED) is 0.655. The summed E-state index contributed by atoms with van der Waals surface area (Å²) in [5, 5.41) is 15.7. The Morgan fingerprint density at radius 1 is 1.31 bits per heavy atom. The van der Waals surface area contributed by atoms with Gasteiger partial charge in [-0.2, -0.15) is 5.10 Å². The largest absolute Gasteiger partial charge is 0.390 e. The summed E-state index contributed by atoms with van der Waals surface area (Å²) in [6.07, 6.45) is 3.33. The molecule has 0 saturated heterocycles. The summed E-state index contributed by atoms with van der Waals surface area (Å²) in [5.41, 5.74) is 1.59. The Kier molecular flexibility index (Phi) is 2.05. The van der Waals surface area contributed by atoms with Crippen molar-refractivity contribution < 1.29 is 5.11 Å². The number of hydrogen-bond donors (Lipinski definition) is 1. The summed E-state index contributed by atoms with van der Waals surface area (Å²) < 4.78 is 1.68. The Morgan fingerprint density at radius 2 is 2.19 bits per heavy atom. The highest BCUT2D eigenvalue weighted by atomic mass is 35.5. The number of aliphatic hydroxyl groups excluding tert-OH is 1. The summed E-state index contributed by atoms with van der Waals surface area (Å²) in [4.78, 5) is 4.05. The molecule has 3 aromatic rings. The fourth-order valence-electron chi connectivity index (χ4n) is 1.90. The fourth-order valence-corrected chi connectivity index (χ4v) is 2.16. The van der Waals surface area contributed by atoms with E-state index in [1.165, 1.54) is 0 Å². The van der Waals surface area contributed by atoms with E-state index in [1.54, 1.807) is 16.9 Å². The summed E-state index contributed by atoms with van der Waals surface area (Å²) >= 11 is 6.07. The van der Waals surface area contributed by atoms with Crippen molar-refractivity contribution in [3.8, 4) is 0 Å². The number of fused-ring (bicyclic) bond motifs is 3. The lowest BCUT2D eigenvalue weighted by Crippen LogP contribution is -1.99. The predicted octanol–water partition coefficient (Wildman–Crippen LogP) is 2.03. The monoisotopic (exact) mass is 233 g/mol. The van der Waals surface area contributed by atoms with E-state index in [0.29, 0.717) is 5.15 Å². The zero-order valence-corrected chi connectivity index (χ0v) is 9.02. The van der Waals surface area contributed by atoms with Gasteiger partial charge in [-0.15, -0.1) is 0 Å². The van der Waals surface area contributed by atoms with E-state index in [1.807, 2.05) is 18.2 Å². The lowest BCUT2D eigenvalue weighted by Gasteiger charge is -2.06. The van der Waals surface area contributed by atoms with Crippen LogP contribution in [0.4, 0.5) is 0 Å². The van der Waals surface area contributed by atoms with Crippen LogP contribution in [0.1, 0.15) is 5.69 Å². The summed E-state index contributed by atoms with van der Waals surface area (Å²) in [7, 11) is 0. The van der Waals surface area contributed by atoms with Crippen LogP contribution in [0.25, 0.3) is 16.3 Å². The van der Waals surface area contributed by atoms with Crippen LogP contribution in [-0.4, -0.2) is 19.7 Å². The first-order valence-corrected chi connectivity index (χ1v) is 5.20. The van der Waals surface area contributed by atoms with Gasteiger partial charge in [0.25, 0.3) is 0 Å².